The van der Waals surface area contributed by atoms with E-state index in [2.05, 4.69) is 31.5 Å². The van der Waals surface area contributed by atoms with Crippen LogP contribution in [-0.4, -0.2) is 17.0 Å². The normalized spacial score (nSPS) is 10.2. The lowest BCUT2D eigenvalue weighted by Crippen LogP contribution is -2.03. The minimum absolute atomic E-state index is 0.0636. The summed E-state index contributed by atoms with van der Waals surface area (Å²) in [7, 11) is 1.71. The van der Waals surface area contributed by atoms with Crippen molar-refractivity contribution < 1.29 is 4.92 Å². The SMILES string of the molecule is CNc1ccc([N+](=O)[O-])c(Nc2ccc(Br)cc2C)n1. The van der Waals surface area contributed by atoms with Crippen molar-refractivity contribution in [1.82, 2.24) is 4.98 Å². The van der Waals surface area contributed by atoms with E-state index in [1.165, 1.54) is 6.07 Å². The molecular formula is C13H13BrN4O2. The number of aryl methyl sites for hydroxylation is 1. The van der Waals surface area contributed by atoms with E-state index in [0.29, 0.717) is 5.82 Å². The van der Waals surface area contributed by atoms with E-state index >= 15 is 0 Å². The summed E-state index contributed by atoms with van der Waals surface area (Å²) in [6.45, 7) is 1.92. The molecule has 0 aliphatic rings. The van der Waals surface area contributed by atoms with Crippen molar-refractivity contribution >= 4 is 38.9 Å². The van der Waals surface area contributed by atoms with Crippen molar-refractivity contribution in [2.45, 2.75) is 6.92 Å². The van der Waals surface area contributed by atoms with Crippen LogP contribution in [0.5, 0.6) is 0 Å². The minimum atomic E-state index is -0.455. The third-order valence-corrected chi connectivity index (χ3v) is 3.26. The van der Waals surface area contributed by atoms with Crippen LogP contribution in [0.15, 0.2) is 34.8 Å². The predicted molar refractivity (Wildman–Crippen MR) is 82.6 cm³/mol. The maximum atomic E-state index is 11.0. The second-order valence-corrected chi connectivity index (χ2v) is 5.07. The van der Waals surface area contributed by atoms with Crippen LogP contribution in [-0.2, 0) is 0 Å². The fourth-order valence-corrected chi connectivity index (χ4v) is 2.20. The maximum absolute atomic E-state index is 11.0. The third kappa shape index (κ3) is 3.05. The van der Waals surface area contributed by atoms with Crippen molar-refractivity contribution in [2.75, 3.05) is 17.7 Å². The first-order valence-corrected chi connectivity index (χ1v) is 6.67. The highest BCUT2D eigenvalue weighted by Crippen LogP contribution is 2.29. The topological polar surface area (TPSA) is 80.1 Å². The van der Waals surface area contributed by atoms with Crippen LogP contribution < -0.4 is 10.6 Å². The molecule has 7 heteroatoms. The molecule has 2 rings (SSSR count). The zero-order valence-corrected chi connectivity index (χ0v) is 12.6. The Balaban J connectivity index is 2.43. The molecule has 2 aromatic rings. The van der Waals surface area contributed by atoms with Gasteiger partial charge in [-0.3, -0.25) is 10.1 Å². The van der Waals surface area contributed by atoms with Crippen molar-refractivity contribution in [3.8, 4) is 0 Å². The highest BCUT2D eigenvalue weighted by Gasteiger charge is 2.16. The fraction of sp³-hybridized carbons (Fsp3) is 0.154. The molecule has 0 amide bonds. The highest BCUT2D eigenvalue weighted by atomic mass is 79.9. The van der Waals surface area contributed by atoms with Gasteiger partial charge in [-0.05, 0) is 36.8 Å². The molecule has 0 fully saturated rings. The van der Waals surface area contributed by atoms with Crippen molar-refractivity contribution in [2.24, 2.45) is 0 Å². The van der Waals surface area contributed by atoms with Gasteiger partial charge < -0.3 is 10.6 Å². The Kier molecular flexibility index (Phi) is 4.19. The molecule has 2 N–H and O–H groups in total. The molecule has 0 radical (unpaired) electrons. The maximum Gasteiger partial charge on any atom is 0.311 e. The summed E-state index contributed by atoms with van der Waals surface area (Å²) < 4.78 is 0.951. The average Bonchev–Trinajstić information content (AvgIpc) is 2.41. The summed E-state index contributed by atoms with van der Waals surface area (Å²) in [5.74, 6) is 0.778. The lowest BCUT2D eigenvalue weighted by Gasteiger charge is -2.10. The van der Waals surface area contributed by atoms with Gasteiger partial charge in [-0.15, -0.1) is 0 Å². The summed E-state index contributed by atoms with van der Waals surface area (Å²) in [5.41, 5.74) is 1.67. The lowest BCUT2D eigenvalue weighted by molar-refractivity contribution is -0.384. The summed E-state index contributed by atoms with van der Waals surface area (Å²) in [6.07, 6.45) is 0. The number of hydrogen-bond donors (Lipinski definition) is 2. The monoisotopic (exact) mass is 336 g/mol. The molecule has 0 saturated heterocycles. The van der Waals surface area contributed by atoms with E-state index in [-0.39, 0.29) is 11.5 Å². The van der Waals surface area contributed by atoms with Crippen molar-refractivity contribution in [1.29, 1.82) is 0 Å². The molecule has 0 unspecified atom stereocenters. The van der Waals surface area contributed by atoms with Gasteiger partial charge in [-0.2, -0.15) is 0 Å². The van der Waals surface area contributed by atoms with Crippen LogP contribution in [0.25, 0.3) is 0 Å². The van der Waals surface area contributed by atoms with Gasteiger partial charge in [0.1, 0.15) is 5.82 Å². The van der Waals surface area contributed by atoms with E-state index in [0.717, 1.165) is 15.7 Å². The quantitative estimate of drug-likeness (QED) is 0.654. The van der Waals surface area contributed by atoms with Crippen LogP contribution in [0.4, 0.5) is 23.0 Å². The van der Waals surface area contributed by atoms with Gasteiger partial charge in [0.05, 0.1) is 4.92 Å². The van der Waals surface area contributed by atoms with Crippen LogP contribution in [0, 0.1) is 17.0 Å². The number of hydrogen-bond acceptors (Lipinski definition) is 5. The number of nitro groups is 1. The fourth-order valence-electron chi connectivity index (χ4n) is 1.73. The highest BCUT2D eigenvalue weighted by molar-refractivity contribution is 9.10. The number of aromatic nitrogens is 1. The molecule has 0 saturated carbocycles. The molecule has 1 aromatic carbocycles. The number of nitrogens with one attached hydrogen (secondary N) is 2. The largest absolute Gasteiger partial charge is 0.373 e. The molecule has 104 valence electrons. The van der Waals surface area contributed by atoms with E-state index < -0.39 is 4.92 Å². The molecule has 0 aliphatic heterocycles. The second-order valence-electron chi connectivity index (χ2n) is 4.16. The molecule has 0 aliphatic carbocycles. The summed E-state index contributed by atoms with van der Waals surface area (Å²) in [4.78, 5) is 14.8. The molecule has 20 heavy (non-hydrogen) atoms. The molecular weight excluding hydrogens is 324 g/mol. The van der Waals surface area contributed by atoms with Crippen molar-refractivity contribution in [3.63, 3.8) is 0 Å². The van der Waals surface area contributed by atoms with Crippen LogP contribution >= 0.6 is 15.9 Å². The first kappa shape index (κ1) is 14.3. The van der Waals surface area contributed by atoms with E-state index in [1.807, 2.05) is 25.1 Å². The van der Waals surface area contributed by atoms with E-state index in [1.54, 1.807) is 13.1 Å². The first-order chi connectivity index (χ1) is 9.51. The predicted octanol–water partition coefficient (Wildman–Crippen LogP) is 3.85. The lowest BCUT2D eigenvalue weighted by atomic mass is 10.2. The summed E-state index contributed by atoms with van der Waals surface area (Å²) in [5, 5.41) is 16.9. The van der Waals surface area contributed by atoms with E-state index in [9.17, 15) is 10.1 Å². The van der Waals surface area contributed by atoms with Gasteiger partial charge in [0.15, 0.2) is 0 Å². The van der Waals surface area contributed by atoms with Crippen LogP contribution in [0.2, 0.25) is 0 Å². The smallest absolute Gasteiger partial charge is 0.311 e. The Labute approximate surface area is 124 Å². The second kappa shape index (κ2) is 5.87. The van der Waals surface area contributed by atoms with E-state index in [4.69, 9.17) is 0 Å². The molecule has 1 heterocycles. The number of anilines is 3. The molecule has 0 bridgehead atoms. The number of pyridine rings is 1. The number of rotatable bonds is 4. The van der Waals surface area contributed by atoms with Gasteiger partial charge in [0, 0.05) is 23.3 Å². The summed E-state index contributed by atoms with van der Waals surface area (Å²) in [6, 6.07) is 8.63. The zero-order valence-electron chi connectivity index (χ0n) is 11.0. The average molecular weight is 337 g/mol. The van der Waals surface area contributed by atoms with Gasteiger partial charge >= 0.3 is 5.69 Å². The Morgan fingerprint density at radius 1 is 1.30 bits per heavy atom. The number of halogens is 1. The van der Waals surface area contributed by atoms with Gasteiger partial charge in [-0.1, -0.05) is 15.9 Å². The number of benzene rings is 1. The third-order valence-electron chi connectivity index (χ3n) is 2.77. The van der Waals surface area contributed by atoms with Crippen molar-refractivity contribution in [3.05, 3.63) is 50.5 Å². The summed E-state index contributed by atoms with van der Waals surface area (Å²) >= 11 is 3.38. The molecule has 0 atom stereocenters. The zero-order chi connectivity index (χ0) is 14.7. The Morgan fingerprint density at radius 3 is 2.65 bits per heavy atom. The molecule has 0 spiro atoms. The van der Waals surface area contributed by atoms with Crippen LogP contribution in [0.1, 0.15) is 5.56 Å². The molecule has 6 nitrogen and oxygen atoms in total. The Hall–Kier alpha value is -2.15. The minimum Gasteiger partial charge on any atom is -0.373 e. The van der Waals surface area contributed by atoms with Gasteiger partial charge in [0.2, 0.25) is 5.82 Å². The van der Waals surface area contributed by atoms with Gasteiger partial charge in [-0.25, -0.2) is 4.98 Å². The standard InChI is InChI=1S/C13H13BrN4O2/c1-8-7-9(14)3-4-10(8)16-13-11(18(19)20)5-6-12(15-2)17-13/h3-7H,1-2H3,(H2,15,16,17). The number of nitrogens with zero attached hydrogens (tertiary/aromatic N) is 2. The van der Waals surface area contributed by atoms with Gasteiger partial charge in [0.25, 0.3) is 0 Å². The molecule has 1 aromatic heterocycles. The Bertz CT molecular complexity index is 661. The Morgan fingerprint density at radius 2 is 2.05 bits per heavy atom. The van der Waals surface area contributed by atoms with Crippen LogP contribution in [0.3, 0.4) is 0 Å². The first-order valence-electron chi connectivity index (χ1n) is 5.87.